The zero-order valence-corrected chi connectivity index (χ0v) is 13.7. The molecule has 0 saturated heterocycles. The Balaban J connectivity index is 2.03. The summed E-state index contributed by atoms with van der Waals surface area (Å²) in [6.07, 6.45) is 3.26. The summed E-state index contributed by atoms with van der Waals surface area (Å²) in [6, 6.07) is 8.81. The van der Waals surface area contributed by atoms with Crippen molar-refractivity contribution in [2.24, 2.45) is 7.05 Å². The molecule has 3 rings (SSSR count). The lowest BCUT2D eigenvalue weighted by atomic mass is 10.2. The first kappa shape index (κ1) is 16.4. The van der Waals surface area contributed by atoms with Crippen molar-refractivity contribution in [2.45, 2.75) is 6.92 Å². The summed E-state index contributed by atoms with van der Waals surface area (Å²) < 4.78 is 6.83. The van der Waals surface area contributed by atoms with Crippen LogP contribution in [0.4, 0.5) is 17.2 Å². The maximum absolute atomic E-state index is 12.0. The lowest BCUT2D eigenvalue weighted by Crippen LogP contribution is -2.10. The van der Waals surface area contributed by atoms with Gasteiger partial charge in [0, 0.05) is 30.6 Å². The number of fused-ring (bicyclic) bond motifs is 1. The molecule has 0 saturated carbocycles. The predicted octanol–water partition coefficient (Wildman–Crippen LogP) is 3.40. The quantitative estimate of drug-likeness (QED) is 0.434. The van der Waals surface area contributed by atoms with Gasteiger partial charge in [-0.1, -0.05) is 6.07 Å². The predicted molar refractivity (Wildman–Crippen MR) is 93.0 cm³/mol. The fourth-order valence-corrected chi connectivity index (χ4v) is 2.58. The van der Waals surface area contributed by atoms with E-state index in [0.29, 0.717) is 5.69 Å². The highest BCUT2D eigenvalue weighted by molar-refractivity contribution is 5.96. The fourth-order valence-electron chi connectivity index (χ4n) is 2.58. The first-order valence-corrected chi connectivity index (χ1v) is 7.64. The second kappa shape index (κ2) is 6.60. The zero-order chi connectivity index (χ0) is 18.0. The van der Waals surface area contributed by atoms with Crippen LogP contribution in [-0.4, -0.2) is 27.1 Å². The molecule has 0 radical (unpaired) electrons. The molecule has 0 spiro atoms. The number of aryl methyl sites for hydroxylation is 1. The van der Waals surface area contributed by atoms with Crippen molar-refractivity contribution in [2.75, 3.05) is 11.9 Å². The third-order valence-electron chi connectivity index (χ3n) is 3.75. The first-order valence-electron chi connectivity index (χ1n) is 7.64. The van der Waals surface area contributed by atoms with E-state index >= 15 is 0 Å². The number of anilines is 2. The molecule has 2 heterocycles. The van der Waals surface area contributed by atoms with E-state index < -0.39 is 16.6 Å². The van der Waals surface area contributed by atoms with Crippen LogP contribution in [0.25, 0.3) is 10.9 Å². The highest BCUT2D eigenvalue weighted by atomic mass is 16.6. The van der Waals surface area contributed by atoms with Crippen molar-refractivity contribution in [3.8, 4) is 0 Å². The lowest BCUT2D eigenvalue weighted by molar-refractivity contribution is -0.384. The van der Waals surface area contributed by atoms with Crippen LogP contribution in [0, 0.1) is 10.1 Å². The van der Waals surface area contributed by atoms with Gasteiger partial charge in [-0.3, -0.25) is 10.1 Å². The average Bonchev–Trinajstić information content (AvgIpc) is 2.95. The van der Waals surface area contributed by atoms with E-state index in [1.165, 1.54) is 12.3 Å². The Hall–Kier alpha value is -3.42. The maximum atomic E-state index is 12.0. The maximum Gasteiger partial charge on any atom is 0.345 e. The summed E-state index contributed by atoms with van der Waals surface area (Å²) in [5.41, 5.74) is 1.05. The molecule has 0 amide bonds. The Morgan fingerprint density at radius 3 is 2.88 bits per heavy atom. The normalized spacial score (nSPS) is 10.6. The van der Waals surface area contributed by atoms with E-state index in [9.17, 15) is 14.9 Å². The van der Waals surface area contributed by atoms with Gasteiger partial charge in [-0.25, -0.2) is 9.78 Å². The number of carbonyl (C=O) groups excluding carboxylic acids is 1. The summed E-state index contributed by atoms with van der Waals surface area (Å²) in [5.74, 6) is -0.762. The molecule has 1 N–H and O–H groups in total. The number of hydrogen-bond acceptors (Lipinski definition) is 6. The van der Waals surface area contributed by atoms with E-state index in [0.717, 1.165) is 10.9 Å². The van der Waals surface area contributed by atoms with Crippen LogP contribution in [0.15, 0.2) is 42.7 Å². The van der Waals surface area contributed by atoms with Crippen LogP contribution >= 0.6 is 0 Å². The van der Waals surface area contributed by atoms with Gasteiger partial charge in [0.05, 0.1) is 11.5 Å². The van der Waals surface area contributed by atoms with E-state index in [-0.39, 0.29) is 18.0 Å². The van der Waals surface area contributed by atoms with E-state index in [1.54, 1.807) is 13.0 Å². The van der Waals surface area contributed by atoms with Crippen LogP contribution < -0.4 is 5.32 Å². The number of benzene rings is 1. The average molecular weight is 340 g/mol. The van der Waals surface area contributed by atoms with Crippen molar-refractivity contribution >= 4 is 34.1 Å². The highest BCUT2D eigenvalue weighted by Gasteiger charge is 2.27. The van der Waals surface area contributed by atoms with E-state index in [4.69, 9.17) is 4.74 Å². The van der Waals surface area contributed by atoms with Crippen LogP contribution in [0.1, 0.15) is 17.3 Å². The molecule has 0 bridgehead atoms. The molecule has 128 valence electrons. The fraction of sp³-hybridized carbons (Fsp3) is 0.176. The van der Waals surface area contributed by atoms with Gasteiger partial charge in [0.1, 0.15) is 5.56 Å². The monoisotopic (exact) mass is 340 g/mol. The van der Waals surface area contributed by atoms with Crippen molar-refractivity contribution in [1.29, 1.82) is 0 Å². The number of ether oxygens (including phenoxy) is 1. The minimum Gasteiger partial charge on any atom is -0.462 e. The molecule has 0 fully saturated rings. The number of nitrogens with zero attached hydrogens (tertiary/aromatic N) is 3. The number of esters is 1. The van der Waals surface area contributed by atoms with Crippen LogP contribution in [0.3, 0.4) is 0 Å². The second-order valence-corrected chi connectivity index (χ2v) is 5.36. The number of nitro groups is 1. The van der Waals surface area contributed by atoms with Crippen LogP contribution in [0.2, 0.25) is 0 Å². The van der Waals surface area contributed by atoms with Gasteiger partial charge in [0.25, 0.3) is 0 Å². The molecule has 1 aromatic carbocycles. The summed E-state index contributed by atoms with van der Waals surface area (Å²) in [6.45, 7) is 1.77. The number of hydrogen-bond donors (Lipinski definition) is 1. The van der Waals surface area contributed by atoms with Crippen LogP contribution in [-0.2, 0) is 11.8 Å². The van der Waals surface area contributed by atoms with Gasteiger partial charge in [-0.05, 0) is 36.6 Å². The van der Waals surface area contributed by atoms with Gasteiger partial charge in [-0.15, -0.1) is 0 Å². The summed E-state index contributed by atoms with van der Waals surface area (Å²) >= 11 is 0. The van der Waals surface area contributed by atoms with E-state index in [1.807, 2.05) is 36.0 Å². The van der Waals surface area contributed by atoms with Gasteiger partial charge >= 0.3 is 11.7 Å². The lowest BCUT2D eigenvalue weighted by Gasteiger charge is -2.09. The number of rotatable bonds is 5. The molecular weight excluding hydrogens is 324 g/mol. The third-order valence-corrected chi connectivity index (χ3v) is 3.75. The molecule has 0 aliphatic heterocycles. The Bertz CT molecular complexity index is 964. The topological polar surface area (TPSA) is 99.3 Å². The third kappa shape index (κ3) is 3.14. The van der Waals surface area contributed by atoms with E-state index in [2.05, 4.69) is 10.3 Å². The summed E-state index contributed by atoms with van der Waals surface area (Å²) in [7, 11) is 1.91. The summed E-state index contributed by atoms with van der Waals surface area (Å²) in [4.78, 5) is 26.8. The molecular formula is C17H16N4O4. The second-order valence-electron chi connectivity index (χ2n) is 5.36. The first-order chi connectivity index (χ1) is 12.0. The minimum absolute atomic E-state index is 0.0101. The molecule has 25 heavy (non-hydrogen) atoms. The standard InChI is InChI=1S/C17H16N4O4/c1-3-25-17(22)13-6-8-18-16(15(13)21(23)24)19-12-5-4-11-7-9-20(2)14(11)10-12/h4-10H,3H2,1-2H3,(H,18,19). The minimum atomic E-state index is -0.752. The van der Waals surface area contributed by atoms with Crippen molar-refractivity contribution in [3.05, 3.63) is 58.4 Å². The van der Waals surface area contributed by atoms with Gasteiger partial charge in [-0.2, -0.15) is 0 Å². The molecule has 2 aromatic heterocycles. The Labute approximate surface area is 143 Å². The largest absolute Gasteiger partial charge is 0.462 e. The smallest absolute Gasteiger partial charge is 0.345 e. The van der Waals surface area contributed by atoms with Gasteiger partial charge in [0.2, 0.25) is 5.82 Å². The van der Waals surface area contributed by atoms with Gasteiger partial charge in [0.15, 0.2) is 0 Å². The zero-order valence-electron chi connectivity index (χ0n) is 13.7. The number of carbonyl (C=O) groups is 1. The highest BCUT2D eigenvalue weighted by Crippen LogP contribution is 2.30. The molecule has 3 aromatic rings. The molecule has 0 atom stereocenters. The Kier molecular flexibility index (Phi) is 4.34. The molecule has 0 unspecified atom stereocenters. The number of pyridine rings is 1. The molecule has 0 aliphatic carbocycles. The Morgan fingerprint density at radius 2 is 2.16 bits per heavy atom. The molecule has 8 nitrogen and oxygen atoms in total. The number of nitrogens with one attached hydrogen (secondary N) is 1. The summed E-state index contributed by atoms with van der Waals surface area (Å²) in [5, 5.41) is 15.5. The van der Waals surface area contributed by atoms with Crippen molar-refractivity contribution < 1.29 is 14.5 Å². The molecule has 0 aliphatic rings. The Morgan fingerprint density at radius 1 is 1.36 bits per heavy atom. The van der Waals surface area contributed by atoms with Gasteiger partial charge < -0.3 is 14.6 Å². The van der Waals surface area contributed by atoms with Crippen LogP contribution in [0.5, 0.6) is 0 Å². The SMILES string of the molecule is CCOC(=O)c1ccnc(Nc2ccc3ccn(C)c3c2)c1[N+](=O)[O-]. The van der Waals surface area contributed by atoms with Crippen molar-refractivity contribution in [3.63, 3.8) is 0 Å². The van der Waals surface area contributed by atoms with Crippen molar-refractivity contribution in [1.82, 2.24) is 9.55 Å². The molecule has 8 heteroatoms. The number of aromatic nitrogens is 2.